The third-order valence-corrected chi connectivity index (χ3v) is 3.57. The summed E-state index contributed by atoms with van der Waals surface area (Å²) in [5.41, 5.74) is 0.523. The van der Waals surface area contributed by atoms with Crippen LogP contribution in [-0.4, -0.2) is 29.0 Å². The van der Waals surface area contributed by atoms with Gasteiger partial charge in [-0.2, -0.15) is 0 Å². The zero-order chi connectivity index (χ0) is 15.2. The van der Waals surface area contributed by atoms with Crippen LogP contribution in [0.25, 0.3) is 0 Å². The number of hydrogen-bond donors (Lipinski definition) is 1. The molecule has 112 valence electrons. The highest BCUT2D eigenvalue weighted by Gasteiger charge is 2.11. The van der Waals surface area contributed by atoms with Gasteiger partial charge in [0.15, 0.2) is 0 Å². The van der Waals surface area contributed by atoms with Crippen molar-refractivity contribution in [2.75, 3.05) is 18.2 Å². The van der Waals surface area contributed by atoms with E-state index in [4.69, 9.17) is 20.8 Å². The van der Waals surface area contributed by atoms with Gasteiger partial charge in [-0.3, -0.25) is 4.79 Å². The Morgan fingerprint density at radius 2 is 2.29 bits per heavy atom. The van der Waals surface area contributed by atoms with Gasteiger partial charge in [-0.15, -0.1) is 10.2 Å². The largest absolute Gasteiger partial charge is 0.495 e. The van der Waals surface area contributed by atoms with Crippen molar-refractivity contribution in [2.45, 2.75) is 18.6 Å². The summed E-state index contributed by atoms with van der Waals surface area (Å²) < 4.78 is 10.5. The quantitative estimate of drug-likeness (QED) is 0.822. The van der Waals surface area contributed by atoms with E-state index in [1.807, 2.05) is 6.92 Å². The van der Waals surface area contributed by atoms with Gasteiger partial charge in [-0.25, -0.2) is 0 Å². The van der Waals surface area contributed by atoms with E-state index in [-0.39, 0.29) is 11.7 Å². The number of carbonyl (C=O) groups is 1. The highest BCUT2D eigenvalue weighted by Crippen LogP contribution is 2.28. The summed E-state index contributed by atoms with van der Waals surface area (Å²) in [7, 11) is 1.53. The number of halogens is 1. The van der Waals surface area contributed by atoms with E-state index in [1.165, 1.54) is 18.9 Å². The highest BCUT2D eigenvalue weighted by molar-refractivity contribution is 7.99. The van der Waals surface area contributed by atoms with Gasteiger partial charge in [-0.1, -0.05) is 30.3 Å². The molecule has 0 radical (unpaired) electrons. The number of rotatable bonds is 6. The average Bonchev–Trinajstić information content (AvgIpc) is 2.93. The molecule has 0 fully saturated rings. The van der Waals surface area contributed by atoms with Crippen LogP contribution in [0, 0.1) is 0 Å². The number of ether oxygens (including phenoxy) is 1. The van der Waals surface area contributed by atoms with Crippen LogP contribution in [0.4, 0.5) is 5.69 Å². The molecule has 1 aromatic carbocycles. The zero-order valence-electron chi connectivity index (χ0n) is 11.6. The molecule has 0 bridgehead atoms. The topological polar surface area (TPSA) is 77.2 Å². The number of aromatic nitrogens is 2. The molecule has 8 heteroatoms. The average molecular weight is 328 g/mol. The molecule has 0 aliphatic rings. The molecule has 2 rings (SSSR count). The second-order valence-corrected chi connectivity index (χ2v) is 5.36. The molecule has 0 unspecified atom stereocenters. The third-order valence-electron chi connectivity index (χ3n) is 2.51. The summed E-state index contributed by atoms with van der Waals surface area (Å²) in [6, 6.07) is 5.01. The van der Waals surface area contributed by atoms with E-state index in [0.717, 1.165) is 0 Å². The number of benzene rings is 1. The van der Waals surface area contributed by atoms with Crippen molar-refractivity contribution in [3.05, 3.63) is 29.1 Å². The molecule has 21 heavy (non-hydrogen) atoms. The van der Waals surface area contributed by atoms with E-state index < -0.39 is 0 Å². The lowest BCUT2D eigenvalue weighted by atomic mass is 10.3. The molecular weight excluding hydrogens is 314 g/mol. The van der Waals surface area contributed by atoms with Crippen molar-refractivity contribution in [3.8, 4) is 5.75 Å². The summed E-state index contributed by atoms with van der Waals surface area (Å²) >= 11 is 7.08. The Kier molecular flexibility index (Phi) is 5.46. The van der Waals surface area contributed by atoms with Crippen molar-refractivity contribution >= 4 is 35.0 Å². The molecule has 0 saturated heterocycles. The molecule has 0 aliphatic heterocycles. The Hall–Kier alpha value is -1.73. The first-order valence-corrected chi connectivity index (χ1v) is 7.57. The van der Waals surface area contributed by atoms with Crippen molar-refractivity contribution in [3.63, 3.8) is 0 Å². The van der Waals surface area contributed by atoms with Gasteiger partial charge in [0, 0.05) is 11.4 Å². The lowest BCUT2D eigenvalue weighted by Crippen LogP contribution is -2.14. The maximum Gasteiger partial charge on any atom is 0.277 e. The van der Waals surface area contributed by atoms with Crippen molar-refractivity contribution < 1.29 is 13.9 Å². The van der Waals surface area contributed by atoms with Crippen LogP contribution in [0.1, 0.15) is 12.8 Å². The molecule has 2 aromatic rings. The van der Waals surface area contributed by atoms with E-state index in [1.54, 1.807) is 18.2 Å². The van der Waals surface area contributed by atoms with Gasteiger partial charge in [0.05, 0.1) is 18.6 Å². The van der Waals surface area contributed by atoms with Crippen LogP contribution >= 0.6 is 23.4 Å². The number of hydrogen-bond acceptors (Lipinski definition) is 6. The Labute approximate surface area is 131 Å². The fourth-order valence-corrected chi connectivity index (χ4v) is 2.28. The first kappa shape index (κ1) is 15.7. The first-order chi connectivity index (χ1) is 10.1. The third kappa shape index (κ3) is 4.37. The van der Waals surface area contributed by atoms with Gasteiger partial charge in [0.2, 0.25) is 11.8 Å². The fourth-order valence-electron chi connectivity index (χ4n) is 1.53. The fraction of sp³-hybridized carbons (Fsp3) is 0.308. The standard InChI is InChI=1S/C13H14ClN3O3S/c1-3-12-16-17-13(20-12)21-7-11(18)15-9-6-8(14)4-5-10(9)19-2/h4-6H,3,7H2,1-2H3,(H,15,18). The number of nitrogens with zero attached hydrogens (tertiary/aromatic N) is 2. The summed E-state index contributed by atoms with van der Waals surface area (Å²) in [6.45, 7) is 1.92. The van der Waals surface area contributed by atoms with Gasteiger partial charge < -0.3 is 14.5 Å². The van der Waals surface area contributed by atoms with Crippen molar-refractivity contribution in [1.29, 1.82) is 0 Å². The second-order valence-electron chi connectivity index (χ2n) is 4.00. The van der Waals surface area contributed by atoms with E-state index >= 15 is 0 Å². The minimum atomic E-state index is -0.211. The molecule has 0 aliphatic carbocycles. The lowest BCUT2D eigenvalue weighted by Gasteiger charge is -2.09. The molecule has 1 N–H and O–H groups in total. The smallest absolute Gasteiger partial charge is 0.277 e. The number of carbonyl (C=O) groups excluding carboxylic acids is 1. The van der Waals surface area contributed by atoms with Gasteiger partial charge in [-0.05, 0) is 18.2 Å². The van der Waals surface area contributed by atoms with Crippen LogP contribution < -0.4 is 10.1 Å². The van der Waals surface area contributed by atoms with Crippen LogP contribution in [0.2, 0.25) is 5.02 Å². The molecule has 0 spiro atoms. The minimum absolute atomic E-state index is 0.154. The van der Waals surface area contributed by atoms with E-state index in [0.29, 0.717) is 34.0 Å². The summed E-state index contributed by atoms with van der Waals surface area (Å²) in [5.74, 6) is 1.04. The highest BCUT2D eigenvalue weighted by atomic mass is 35.5. The number of nitrogens with one attached hydrogen (secondary N) is 1. The molecule has 0 saturated carbocycles. The maximum absolute atomic E-state index is 11.9. The summed E-state index contributed by atoms with van der Waals surface area (Å²) in [6.07, 6.45) is 0.666. The molecule has 1 amide bonds. The van der Waals surface area contributed by atoms with Crippen LogP contribution in [0.5, 0.6) is 5.75 Å². The van der Waals surface area contributed by atoms with Gasteiger partial charge in [0.25, 0.3) is 5.22 Å². The van der Waals surface area contributed by atoms with Crippen LogP contribution in [0.15, 0.2) is 27.8 Å². The Bertz CT molecular complexity index is 633. The second kappa shape index (κ2) is 7.33. The Morgan fingerprint density at radius 3 is 2.95 bits per heavy atom. The van der Waals surface area contributed by atoms with Crippen molar-refractivity contribution in [2.24, 2.45) is 0 Å². The maximum atomic E-state index is 11.9. The predicted molar refractivity (Wildman–Crippen MR) is 81.0 cm³/mol. The Balaban J connectivity index is 1.94. The minimum Gasteiger partial charge on any atom is -0.495 e. The molecule has 0 atom stereocenters. The summed E-state index contributed by atoms with van der Waals surface area (Å²) in [4.78, 5) is 11.9. The van der Waals surface area contributed by atoms with Crippen LogP contribution in [0.3, 0.4) is 0 Å². The molecule has 6 nitrogen and oxygen atoms in total. The predicted octanol–water partition coefficient (Wildman–Crippen LogP) is 3.02. The first-order valence-electron chi connectivity index (χ1n) is 6.21. The normalized spacial score (nSPS) is 10.4. The molecular formula is C13H14ClN3O3S. The summed E-state index contributed by atoms with van der Waals surface area (Å²) in [5, 5.41) is 11.3. The number of anilines is 1. The van der Waals surface area contributed by atoms with Crippen LogP contribution in [-0.2, 0) is 11.2 Å². The van der Waals surface area contributed by atoms with Crippen molar-refractivity contribution in [1.82, 2.24) is 10.2 Å². The van der Waals surface area contributed by atoms with Gasteiger partial charge >= 0.3 is 0 Å². The van der Waals surface area contributed by atoms with E-state index in [2.05, 4.69) is 15.5 Å². The SMILES string of the molecule is CCc1nnc(SCC(=O)Nc2cc(Cl)ccc2OC)o1. The van der Waals surface area contributed by atoms with E-state index in [9.17, 15) is 4.79 Å². The number of aryl methyl sites for hydroxylation is 1. The molecule has 1 heterocycles. The zero-order valence-corrected chi connectivity index (χ0v) is 13.1. The number of thioether (sulfide) groups is 1. The Morgan fingerprint density at radius 1 is 1.48 bits per heavy atom. The number of methoxy groups -OCH3 is 1. The molecule has 1 aromatic heterocycles. The van der Waals surface area contributed by atoms with Gasteiger partial charge in [0.1, 0.15) is 5.75 Å². The lowest BCUT2D eigenvalue weighted by molar-refractivity contribution is -0.113. The number of amides is 1. The monoisotopic (exact) mass is 327 g/mol.